The highest BCUT2D eigenvalue weighted by Crippen LogP contribution is 2.20. The number of rotatable bonds is 7. The van der Waals surface area contributed by atoms with Crippen LogP contribution in [0.2, 0.25) is 0 Å². The van der Waals surface area contributed by atoms with Crippen LogP contribution in [0.1, 0.15) is 44.6 Å². The largest absolute Gasteiger partial charge is 0.313 e. The van der Waals surface area contributed by atoms with Crippen molar-refractivity contribution >= 4 is 10.0 Å². The minimum atomic E-state index is -3.37. The van der Waals surface area contributed by atoms with Gasteiger partial charge in [-0.25, -0.2) is 13.1 Å². The standard InChI is InChI=1S/C15H24N2O2S/c1-2-10-16-12-13-6-5-9-15(11-13)20(18,19)17-14-7-3-4-8-14/h5-6,9,11,14,16-17H,2-4,7-8,10,12H2,1H3. The Labute approximate surface area is 122 Å². The Hall–Kier alpha value is -0.910. The van der Waals surface area contributed by atoms with E-state index in [1.165, 1.54) is 0 Å². The fourth-order valence-corrected chi connectivity index (χ4v) is 3.94. The smallest absolute Gasteiger partial charge is 0.240 e. The Balaban J connectivity index is 2.04. The average Bonchev–Trinajstić information content (AvgIpc) is 2.92. The molecule has 0 bridgehead atoms. The molecule has 1 aromatic rings. The van der Waals surface area contributed by atoms with Crippen molar-refractivity contribution in [1.29, 1.82) is 0 Å². The summed E-state index contributed by atoms with van der Waals surface area (Å²) in [5.74, 6) is 0. The Morgan fingerprint density at radius 1 is 1.25 bits per heavy atom. The summed E-state index contributed by atoms with van der Waals surface area (Å²) in [6, 6.07) is 7.31. The molecule has 0 unspecified atom stereocenters. The van der Waals surface area contributed by atoms with E-state index in [2.05, 4.69) is 17.0 Å². The molecular formula is C15H24N2O2S. The normalized spacial score (nSPS) is 16.6. The lowest BCUT2D eigenvalue weighted by atomic mass is 10.2. The molecule has 1 aliphatic rings. The lowest BCUT2D eigenvalue weighted by Gasteiger charge is -2.13. The molecule has 1 saturated carbocycles. The van der Waals surface area contributed by atoms with Gasteiger partial charge in [-0.05, 0) is 43.5 Å². The van der Waals surface area contributed by atoms with Gasteiger partial charge in [-0.15, -0.1) is 0 Å². The number of hydrogen-bond acceptors (Lipinski definition) is 3. The molecule has 0 aromatic heterocycles. The van der Waals surface area contributed by atoms with E-state index in [0.717, 1.165) is 44.2 Å². The van der Waals surface area contributed by atoms with E-state index in [1.807, 2.05) is 12.1 Å². The summed E-state index contributed by atoms with van der Waals surface area (Å²) in [5, 5.41) is 3.29. The second-order valence-corrected chi connectivity index (χ2v) is 7.14. The molecule has 0 radical (unpaired) electrons. The van der Waals surface area contributed by atoms with Crippen LogP contribution in [-0.2, 0) is 16.6 Å². The van der Waals surface area contributed by atoms with Gasteiger partial charge in [0.05, 0.1) is 4.90 Å². The van der Waals surface area contributed by atoms with Gasteiger partial charge in [0, 0.05) is 12.6 Å². The Bertz CT molecular complexity index is 522. The maximum atomic E-state index is 12.3. The summed E-state index contributed by atoms with van der Waals surface area (Å²) in [6.45, 7) is 3.76. The van der Waals surface area contributed by atoms with Gasteiger partial charge in [0.15, 0.2) is 0 Å². The molecule has 1 aromatic carbocycles. The van der Waals surface area contributed by atoms with Crippen LogP contribution in [0, 0.1) is 0 Å². The van der Waals surface area contributed by atoms with Gasteiger partial charge in [-0.2, -0.15) is 0 Å². The average molecular weight is 296 g/mol. The molecular weight excluding hydrogens is 272 g/mol. The number of benzene rings is 1. The highest BCUT2D eigenvalue weighted by atomic mass is 32.2. The Morgan fingerprint density at radius 2 is 2.00 bits per heavy atom. The molecule has 1 aliphatic carbocycles. The molecule has 0 atom stereocenters. The predicted molar refractivity (Wildman–Crippen MR) is 81.0 cm³/mol. The van der Waals surface area contributed by atoms with E-state index in [4.69, 9.17) is 0 Å². The maximum absolute atomic E-state index is 12.3. The summed E-state index contributed by atoms with van der Waals surface area (Å²) in [5.41, 5.74) is 1.01. The van der Waals surface area contributed by atoms with Crippen LogP contribution in [0.4, 0.5) is 0 Å². The van der Waals surface area contributed by atoms with Crippen molar-refractivity contribution in [3.8, 4) is 0 Å². The van der Waals surface area contributed by atoms with Crippen molar-refractivity contribution in [3.05, 3.63) is 29.8 Å². The summed E-state index contributed by atoms with van der Waals surface area (Å²) < 4.78 is 27.5. The van der Waals surface area contributed by atoms with Gasteiger partial charge in [-0.3, -0.25) is 0 Å². The van der Waals surface area contributed by atoms with E-state index < -0.39 is 10.0 Å². The molecule has 0 aliphatic heterocycles. The first-order chi connectivity index (χ1) is 9.62. The van der Waals surface area contributed by atoms with Crippen LogP contribution >= 0.6 is 0 Å². The predicted octanol–water partition coefficient (Wildman–Crippen LogP) is 2.41. The van der Waals surface area contributed by atoms with Crippen LogP contribution in [0.25, 0.3) is 0 Å². The zero-order chi connectivity index (χ0) is 14.4. The zero-order valence-corrected chi connectivity index (χ0v) is 12.9. The second kappa shape index (κ2) is 7.20. The molecule has 0 spiro atoms. The van der Waals surface area contributed by atoms with E-state index in [0.29, 0.717) is 11.4 Å². The summed E-state index contributed by atoms with van der Waals surface area (Å²) in [7, 11) is -3.37. The fraction of sp³-hybridized carbons (Fsp3) is 0.600. The summed E-state index contributed by atoms with van der Waals surface area (Å²) in [4.78, 5) is 0.375. The topological polar surface area (TPSA) is 58.2 Å². The van der Waals surface area contributed by atoms with Gasteiger partial charge in [0.2, 0.25) is 10.0 Å². The van der Waals surface area contributed by atoms with Crippen molar-refractivity contribution in [2.75, 3.05) is 6.54 Å². The molecule has 4 nitrogen and oxygen atoms in total. The molecule has 0 heterocycles. The minimum absolute atomic E-state index is 0.113. The number of sulfonamides is 1. The first-order valence-corrected chi connectivity index (χ1v) is 8.92. The third-order valence-electron chi connectivity index (χ3n) is 3.64. The lowest BCUT2D eigenvalue weighted by molar-refractivity contribution is 0.552. The third-order valence-corrected chi connectivity index (χ3v) is 5.16. The van der Waals surface area contributed by atoms with Gasteiger partial charge < -0.3 is 5.32 Å². The Kier molecular flexibility index (Phi) is 5.57. The highest BCUT2D eigenvalue weighted by molar-refractivity contribution is 7.89. The monoisotopic (exact) mass is 296 g/mol. The van der Waals surface area contributed by atoms with E-state index in [9.17, 15) is 8.42 Å². The van der Waals surface area contributed by atoms with Crippen LogP contribution in [0.3, 0.4) is 0 Å². The second-order valence-electron chi connectivity index (χ2n) is 5.43. The van der Waals surface area contributed by atoms with Gasteiger partial charge >= 0.3 is 0 Å². The molecule has 2 rings (SSSR count). The molecule has 1 fully saturated rings. The molecule has 20 heavy (non-hydrogen) atoms. The van der Waals surface area contributed by atoms with Crippen molar-refractivity contribution in [3.63, 3.8) is 0 Å². The zero-order valence-electron chi connectivity index (χ0n) is 12.1. The van der Waals surface area contributed by atoms with Gasteiger partial charge in [0.1, 0.15) is 0 Å². The van der Waals surface area contributed by atoms with Gasteiger partial charge in [0.25, 0.3) is 0 Å². The lowest BCUT2D eigenvalue weighted by Crippen LogP contribution is -2.32. The van der Waals surface area contributed by atoms with Crippen molar-refractivity contribution in [2.45, 2.75) is 56.5 Å². The minimum Gasteiger partial charge on any atom is -0.313 e. The van der Waals surface area contributed by atoms with Crippen molar-refractivity contribution < 1.29 is 8.42 Å². The van der Waals surface area contributed by atoms with Crippen LogP contribution < -0.4 is 10.0 Å². The third kappa shape index (κ3) is 4.30. The van der Waals surface area contributed by atoms with E-state index in [-0.39, 0.29) is 6.04 Å². The molecule has 0 amide bonds. The van der Waals surface area contributed by atoms with Crippen molar-refractivity contribution in [2.24, 2.45) is 0 Å². The maximum Gasteiger partial charge on any atom is 0.240 e. The summed E-state index contributed by atoms with van der Waals surface area (Å²) >= 11 is 0. The van der Waals surface area contributed by atoms with E-state index >= 15 is 0 Å². The Morgan fingerprint density at radius 3 is 2.70 bits per heavy atom. The van der Waals surface area contributed by atoms with Crippen LogP contribution in [0.15, 0.2) is 29.2 Å². The molecule has 2 N–H and O–H groups in total. The highest BCUT2D eigenvalue weighted by Gasteiger charge is 2.22. The quantitative estimate of drug-likeness (QED) is 0.760. The molecule has 0 saturated heterocycles. The van der Waals surface area contributed by atoms with Crippen LogP contribution in [0.5, 0.6) is 0 Å². The number of hydrogen-bond donors (Lipinski definition) is 2. The first-order valence-electron chi connectivity index (χ1n) is 7.44. The van der Waals surface area contributed by atoms with E-state index in [1.54, 1.807) is 12.1 Å². The van der Waals surface area contributed by atoms with Crippen molar-refractivity contribution in [1.82, 2.24) is 10.0 Å². The first kappa shape index (κ1) is 15.5. The SMILES string of the molecule is CCCNCc1cccc(S(=O)(=O)NC2CCCC2)c1. The molecule has 112 valence electrons. The van der Waals surface area contributed by atoms with Gasteiger partial charge in [-0.1, -0.05) is 31.9 Å². The van der Waals surface area contributed by atoms with Crippen LogP contribution in [-0.4, -0.2) is 21.0 Å². The summed E-state index contributed by atoms with van der Waals surface area (Å²) in [6.07, 6.45) is 5.22. The number of nitrogens with one attached hydrogen (secondary N) is 2. The molecule has 5 heteroatoms. The fourth-order valence-electron chi connectivity index (χ4n) is 2.56.